The van der Waals surface area contributed by atoms with Gasteiger partial charge in [-0.3, -0.25) is 25.0 Å². The Bertz CT molecular complexity index is 1220. The molecule has 4 aliphatic rings. The van der Waals surface area contributed by atoms with E-state index in [1.54, 1.807) is 0 Å². The first kappa shape index (κ1) is 31.9. The zero-order valence-corrected chi connectivity index (χ0v) is 26.9. The van der Waals surface area contributed by atoms with Crippen LogP contribution in [0.15, 0.2) is 18.2 Å². The average molecular weight is 597 g/mol. The van der Waals surface area contributed by atoms with Crippen LogP contribution in [0.5, 0.6) is 5.75 Å². The van der Waals surface area contributed by atoms with Crippen molar-refractivity contribution in [2.24, 2.45) is 58.2 Å². The van der Waals surface area contributed by atoms with E-state index in [1.807, 2.05) is 0 Å². The second kappa shape index (κ2) is 12.5. The Hall–Kier alpha value is -2.51. The standard InChI is InChI=1S/C35H52N2O6/c1-22(2)7-6-8-23(3)28-12-13-29-27-11-9-25-19-24(15-17-34(25,4)30(27)16-18-35(28,29)5)20-33(38)43-32-14-10-26(36(39)40)21-31(32)37(41)42/h10,14,21-25,27-30H,6-9,11-13,15-20H2,1-5H3/t23-,24+,25?,27+,28-,29+,30+,34+,35-/m1/s1. The topological polar surface area (TPSA) is 113 Å². The number of hydrogen-bond donors (Lipinski definition) is 0. The second-order valence-electron chi connectivity index (χ2n) is 15.7. The summed E-state index contributed by atoms with van der Waals surface area (Å²) < 4.78 is 5.41. The number of ether oxygens (including phenoxy) is 1. The fourth-order valence-corrected chi connectivity index (χ4v) is 10.8. The highest BCUT2D eigenvalue weighted by Crippen LogP contribution is 2.68. The zero-order chi connectivity index (χ0) is 31.1. The fourth-order valence-electron chi connectivity index (χ4n) is 10.8. The van der Waals surface area contributed by atoms with Gasteiger partial charge in [0.15, 0.2) is 0 Å². The lowest BCUT2D eigenvalue weighted by atomic mass is 9.44. The van der Waals surface area contributed by atoms with Crippen molar-refractivity contribution in [1.29, 1.82) is 0 Å². The number of nitrogens with zero attached hydrogens (tertiary/aromatic N) is 2. The van der Waals surface area contributed by atoms with E-state index in [-0.39, 0.29) is 18.1 Å². The third-order valence-corrected chi connectivity index (χ3v) is 13.0. The summed E-state index contributed by atoms with van der Waals surface area (Å²) in [5.74, 6) is 5.02. The highest BCUT2D eigenvalue weighted by atomic mass is 16.6. The minimum absolute atomic E-state index is 0.204. The highest BCUT2D eigenvalue weighted by Gasteiger charge is 2.60. The molecular weight excluding hydrogens is 544 g/mol. The molecule has 43 heavy (non-hydrogen) atoms. The lowest BCUT2D eigenvalue weighted by Crippen LogP contribution is -2.53. The van der Waals surface area contributed by atoms with Gasteiger partial charge in [-0.1, -0.05) is 53.9 Å². The number of fused-ring (bicyclic) bond motifs is 5. The summed E-state index contributed by atoms with van der Waals surface area (Å²) in [6.07, 6.45) is 15.5. The van der Waals surface area contributed by atoms with Gasteiger partial charge in [-0.25, -0.2) is 0 Å². The molecule has 1 aromatic carbocycles. The third kappa shape index (κ3) is 6.22. The molecule has 8 nitrogen and oxygen atoms in total. The van der Waals surface area contributed by atoms with Gasteiger partial charge in [-0.15, -0.1) is 0 Å². The minimum atomic E-state index is -0.741. The van der Waals surface area contributed by atoms with Crippen molar-refractivity contribution in [3.63, 3.8) is 0 Å². The number of carbonyl (C=O) groups is 1. The van der Waals surface area contributed by atoms with Crippen LogP contribution in [-0.2, 0) is 4.79 Å². The maximum Gasteiger partial charge on any atom is 0.318 e. The molecule has 0 N–H and O–H groups in total. The summed E-state index contributed by atoms with van der Waals surface area (Å²) in [6.45, 7) is 12.4. The Morgan fingerprint density at radius 3 is 2.35 bits per heavy atom. The van der Waals surface area contributed by atoms with Crippen LogP contribution < -0.4 is 4.74 Å². The molecule has 0 radical (unpaired) electrons. The van der Waals surface area contributed by atoms with E-state index in [1.165, 1.54) is 57.8 Å². The van der Waals surface area contributed by atoms with Crippen molar-refractivity contribution in [2.45, 2.75) is 118 Å². The molecule has 0 amide bonds. The Morgan fingerprint density at radius 1 is 0.930 bits per heavy atom. The molecule has 0 aromatic heterocycles. The number of hydrogen-bond acceptors (Lipinski definition) is 6. The molecule has 238 valence electrons. The van der Waals surface area contributed by atoms with Crippen LogP contribution in [0.25, 0.3) is 0 Å². The van der Waals surface area contributed by atoms with Crippen molar-refractivity contribution in [2.75, 3.05) is 0 Å². The number of nitro benzene ring substituents is 2. The minimum Gasteiger partial charge on any atom is -0.419 e. The van der Waals surface area contributed by atoms with Crippen molar-refractivity contribution < 1.29 is 19.4 Å². The predicted molar refractivity (Wildman–Crippen MR) is 167 cm³/mol. The van der Waals surface area contributed by atoms with Crippen LogP contribution in [0.1, 0.15) is 118 Å². The maximum absolute atomic E-state index is 12.9. The predicted octanol–water partition coefficient (Wildman–Crippen LogP) is 9.54. The normalized spacial score (nSPS) is 35.9. The van der Waals surface area contributed by atoms with E-state index in [2.05, 4.69) is 34.6 Å². The largest absolute Gasteiger partial charge is 0.419 e. The summed E-state index contributed by atoms with van der Waals surface area (Å²) in [5, 5.41) is 22.5. The van der Waals surface area contributed by atoms with E-state index in [0.29, 0.717) is 16.7 Å². The molecular formula is C35H52N2O6. The first-order valence-corrected chi connectivity index (χ1v) is 17.0. The van der Waals surface area contributed by atoms with Crippen molar-refractivity contribution in [3.05, 3.63) is 38.4 Å². The van der Waals surface area contributed by atoms with Gasteiger partial charge in [-0.2, -0.15) is 0 Å². The molecule has 0 heterocycles. The Labute approximate surface area is 257 Å². The number of esters is 1. The fraction of sp³-hybridized carbons (Fsp3) is 0.800. The van der Waals surface area contributed by atoms with Gasteiger partial charge in [0, 0.05) is 12.5 Å². The van der Waals surface area contributed by atoms with Gasteiger partial charge in [-0.05, 0) is 122 Å². The third-order valence-electron chi connectivity index (χ3n) is 13.0. The molecule has 4 aliphatic carbocycles. The summed E-state index contributed by atoms with van der Waals surface area (Å²) in [7, 11) is 0. The number of benzene rings is 1. The molecule has 4 fully saturated rings. The number of non-ortho nitro benzene ring substituents is 1. The monoisotopic (exact) mass is 596 g/mol. The van der Waals surface area contributed by atoms with Crippen LogP contribution in [0, 0.1) is 78.4 Å². The van der Waals surface area contributed by atoms with E-state index >= 15 is 0 Å². The lowest BCUT2D eigenvalue weighted by molar-refractivity contribution is -0.394. The van der Waals surface area contributed by atoms with Crippen molar-refractivity contribution >= 4 is 17.3 Å². The molecule has 1 aromatic rings. The van der Waals surface area contributed by atoms with Gasteiger partial charge >= 0.3 is 11.7 Å². The van der Waals surface area contributed by atoms with Crippen LogP contribution in [0.2, 0.25) is 0 Å². The number of nitro groups is 2. The molecule has 5 rings (SSSR count). The van der Waals surface area contributed by atoms with Gasteiger partial charge in [0.25, 0.3) is 5.69 Å². The highest BCUT2D eigenvalue weighted by molar-refractivity contribution is 5.74. The van der Waals surface area contributed by atoms with E-state index in [0.717, 1.165) is 73.0 Å². The SMILES string of the molecule is CC(C)CCC[C@@H](C)[C@H]1CC[C@H]2[C@@H]3CCC4C[C@@H](CC(=O)Oc5ccc([N+](=O)[O-])cc5[N+](=O)[O-])CC[C@]4(C)[C@H]3CC[C@]12C. The van der Waals surface area contributed by atoms with E-state index < -0.39 is 27.2 Å². The molecule has 0 bridgehead atoms. The van der Waals surface area contributed by atoms with Gasteiger partial charge in [0.05, 0.1) is 15.9 Å². The molecule has 0 aliphatic heterocycles. The van der Waals surface area contributed by atoms with E-state index in [9.17, 15) is 25.0 Å². The van der Waals surface area contributed by atoms with Crippen molar-refractivity contribution in [3.8, 4) is 5.75 Å². The molecule has 4 saturated carbocycles. The van der Waals surface area contributed by atoms with Crippen LogP contribution in [-0.4, -0.2) is 15.8 Å². The molecule has 0 saturated heterocycles. The Morgan fingerprint density at radius 2 is 1.65 bits per heavy atom. The van der Waals surface area contributed by atoms with Crippen LogP contribution in [0.4, 0.5) is 11.4 Å². The summed E-state index contributed by atoms with van der Waals surface area (Å²) in [6, 6.07) is 3.14. The molecule has 9 atom stereocenters. The number of carbonyl (C=O) groups excluding carboxylic acids is 1. The van der Waals surface area contributed by atoms with E-state index in [4.69, 9.17) is 4.74 Å². The maximum atomic E-state index is 12.9. The Kier molecular flexibility index (Phi) is 9.25. The average Bonchev–Trinajstić information content (AvgIpc) is 3.30. The molecule has 1 unspecified atom stereocenters. The quantitative estimate of drug-likeness (QED) is 0.115. The molecule has 8 heteroatoms. The van der Waals surface area contributed by atoms with Gasteiger partial charge < -0.3 is 4.74 Å². The van der Waals surface area contributed by atoms with Gasteiger partial charge in [0.1, 0.15) is 0 Å². The second-order valence-corrected chi connectivity index (χ2v) is 15.7. The number of rotatable bonds is 10. The smallest absolute Gasteiger partial charge is 0.318 e. The summed E-state index contributed by atoms with van der Waals surface area (Å²) in [5.41, 5.74) is -0.146. The molecule has 0 spiro atoms. The Balaban J connectivity index is 1.19. The summed E-state index contributed by atoms with van der Waals surface area (Å²) >= 11 is 0. The first-order valence-electron chi connectivity index (χ1n) is 17.0. The zero-order valence-electron chi connectivity index (χ0n) is 26.9. The first-order chi connectivity index (χ1) is 20.3. The van der Waals surface area contributed by atoms with Gasteiger partial charge in [0.2, 0.25) is 5.75 Å². The summed E-state index contributed by atoms with van der Waals surface area (Å²) in [4.78, 5) is 34.0. The van der Waals surface area contributed by atoms with Crippen LogP contribution >= 0.6 is 0 Å². The lowest BCUT2D eigenvalue weighted by Gasteiger charge is -2.61. The van der Waals surface area contributed by atoms with Crippen molar-refractivity contribution in [1.82, 2.24) is 0 Å². The van der Waals surface area contributed by atoms with Crippen LogP contribution in [0.3, 0.4) is 0 Å².